The van der Waals surface area contributed by atoms with Crippen LogP contribution in [0.2, 0.25) is 0 Å². The number of nitro benzene ring substituents is 1. The molecule has 29 heavy (non-hydrogen) atoms. The highest BCUT2D eigenvalue weighted by molar-refractivity contribution is 7.99. The monoisotopic (exact) mass is 413 g/mol. The number of carbonyl (C=O) groups is 1. The Morgan fingerprint density at radius 1 is 1.28 bits per heavy atom. The lowest BCUT2D eigenvalue weighted by Crippen LogP contribution is -2.31. The minimum absolute atomic E-state index is 0.0597. The van der Waals surface area contributed by atoms with E-state index in [0.29, 0.717) is 11.3 Å². The van der Waals surface area contributed by atoms with E-state index < -0.39 is 10.9 Å². The van der Waals surface area contributed by atoms with Crippen LogP contribution in [0.25, 0.3) is 6.08 Å². The molecule has 0 aliphatic carbocycles. The fourth-order valence-corrected chi connectivity index (χ4v) is 4.04. The van der Waals surface area contributed by atoms with Crippen LogP contribution in [0.15, 0.2) is 48.5 Å². The highest BCUT2D eigenvalue weighted by atomic mass is 32.2. The second-order valence-electron chi connectivity index (χ2n) is 6.60. The summed E-state index contributed by atoms with van der Waals surface area (Å²) in [5.41, 5.74) is 2.86. The Labute approximate surface area is 173 Å². The van der Waals surface area contributed by atoms with Crippen LogP contribution in [-0.4, -0.2) is 47.5 Å². The molecule has 152 valence electrons. The molecule has 0 unspecified atom stereocenters. The summed E-state index contributed by atoms with van der Waals surface area (Å²) in [5.74, 6) is 1.79. The van der Waals surface area contributed by atoms with Crippen molar-refractivity contribution in [2.24, 2.45) is 0 Å². The smallest absolute Gasteiger partial charge is 0.330 e. The van der Waals surface area contributed by atoms with Crippen LogP contribution in [0.3, 0.4) is 0 Å². The number of ether oxygens (including phenoxy) is 1. The van der Waals surface area contributed by atoms with Gasteiger partial charge in [-0.3, -0.25) is 15.0 Å². The number of hydrogen-bond acceptors (Lipinski definition) is 7. The van der Waals surface area contributed by atoms with Gasteiger partial charge in [0.15, 0.2) is 0 Å². The SMILES string of the molecule is COC(=O)C=Cc1ccc(Nc2cccc(CN3CCSCC3)c2)c([N+](=O)[O-])c1. The largest absolute Gasteiger partial charge is 0.466 e. The average Bonchev–Trinajstić information content (AvgIpc) is 2.73. The molecule has 1 fully saturated rings. The molecule has 0 aromatic heterocycles. The Morgan fingerprint density at radius 3 is 2.79 bits per heavy atom. The van der Waals surface area contributed by atoms with Crippen molar-refractivity contribution in [3.63, 3.8) is 0 Å². The topological polar surface area (TPSA) is 84.7 Å². The molecule has 1 aliphatic rings. The molecule has 1 saturated heterocycles. The zero-order valence-corrected chi connectivity index (χ0v) is 17.0. The van der Waals surface area contributed by atoms with Crippen molar-refractivity contribution in [3.8, 4) is 0 Å². The van der Waals surface area contributed by atoms with Gasteiger partial charge in [0.25, 0.3) is 5.69 Å². The van der Waals surface area contributed by atoms with Gasteiger partial charge in [0.1, 0.15) is 5.69 Å². The minimum Gasteiger partial charge on any atom is -0.466 e. The fourth-order valence-electron chi connectivity index (χ4n) is 3.06. The van der Waals surface area contributed by atoms with Crippen molar-refractivity contribution >= 4 is 40.9 Å². The van der Waals surface area contributed by atoms with Crippen LogP contribution in [-0.2, 0) is 16.1 Å². The lowest BCUT2D eigenvalue weighted by atomic mass is 10.1. The van der Waals surface area contributed by atoms with Gasteiger partial charge in [-0.25, -0.2) is 4.79 Å². The number of nitrogens with one attached hydrogen (secondary N) is 1. The summed E-state index contributed by atoms with van der Waals surface area (Å²) in [5, 5.41) is 14.7. The number of esters is 1. The summed E-state index contributed by atoms with van der Waals surface area (Å²) >= 11 is 1.98. The van der Waals surface area contributed by atoms with Crippen molar-refractivity contribution in [2.45, 2.75) is 6.54 Å². The maximum atomic E-state index is 11.5. The molecule has 0 amide bonds. The third-order valence-corrected chi connectivity index (χ3v) is 5.49. The molecule has 7 nitrogen and oxygen atoms in total. The van der Waals surface area contributed by atoms with Crippen molar-refractivity contribution < 1.29 is 14.5 Å². The van der Waals surface area contributed by atoms with Crippen LogP contribution in [0.5, 0.6) is 0 Å². The number of carbonyl (C=O) groups excluding carboxylic acids is 1. The maximum Gasteiger partial charge on any atom is 0.330 e. The van der Waals surface area contributed by atoms with Gasteiger partial charge in [0.2, 0.25) is 0 Å². The third-order valence-electron chi connectivity index (χ3n) is 4.55. The molecule has 2 aromatic carbocycles. The van der Waals surface area contributed by atoms with Gasteiger partial charge >= 0.3 is 5.97 Å². The van der Waals surface area contributed by atoms with E-state index in [9.17, 15) is 14.9 Å². The molecule has 0 saturated carbocycles. The van der Waals surface area contributed by atoms with Crippen molar-refractivity contribution in [3.05, 3.63) is 69.8 Å². The molecular weight excluding hydrogens is 390 g/mol. The zero-order valence-electron chi connectivity index (χ0n) is 16.2. The molecule has 0 spiro atoms. The lowest BCUT2D eigenvalue weighted by Gasteiger charge is -2.26. The second-order valence-corrected chi connectivity index (χ2v) is 7.83. The molecular formula is C21H23N3O4S. The van der Waals surface area contributed by atoms with Crippen LogP contribution in [0.1, 0.15) is 11.1 Å². The van der Waals surface area contributed by atoms with Gasteiger partial charge in [-0.05, 0) is 35.4 Å². The Hall–Kier alpha value is -2.84. The number of nitro groups is 1. The normalized spacial score (nSPS) is 14.7. The highest BCUT2D eigenvalue weighted by Gasteiger charge is 2.15. The Morgan fingerprint density at radius 2 is 2.07 bits per heavy atom. The van der Waals surface area contributed by atoms with E-state index in [1.54, 1.807) is 12.1 Å². The molecule has 1 aliphatic heterocycles. The summed E-state index contributed by atoms with van der Waals surface area (Å²) in [6.07, 6.45) is 2.72. The van der Waals surface area contributed by atoms with Gasteiger partial charge in [-0.15, -0.1) is 0 Å². The van der Waals surface area contributed by atoms with Gasteiger partial charge < -0.3 is 10.1 Å². The predicted molar refractivity (Wildman–Crippen MR) is 116 cm³/mol. The summed E-state index contributed by atoms with van der Waals surface area (Å²) in [6.45, 7) is 3.03. The molecule has 1 heterocycles. The third kappa shape index (κ3) is 6.07. The van der Waals surface area contributed by atoms with Crippen molar-refractivity contribution in [2.75, 3.05) is 37.0 Å². The molecule has 0 atom stereocenters. The number of anilines is 2. The number of rotatable bonds is 7. The van der Waals surface area contributed by atoms with E-state index in [1.807, 2.05) is 30.0 Å². The number of benzene rings is 2. The van der Waals surface area contributed by atoms with Crippen molar-refractivity contribution in [1.82, 2.24) is 4.90 Å². The second kappa shape index (κ2) is 10.1. The van der Waals surface area contributed by atoms with E-state index >= 15 is 0 Å². The number of methoxy groups -OCH3 is 1. The summed E-state index contributed by atoms with van der Waals surface area (Å²) in [6, 6.07) is 12.7. The first-order valence-corrected chi connectivity index (χ1v) is 10.4. The van der Waals surface area contributed by atoms with Crippen LogP contribution in [0, 0.1) is 10.1 Å². The lowest BCUT2D eigenvalue weighted by molar-refractivity contribution is -0.383. The first kappa shape index (κ1) is 20.9. The highest BCUT2D eigenvalue weighted by Crippen LogP contribution is 2.29. The Kier molecular flexibility index (Phi) is 7.26. The van der Waals surface area contributed by atoms with E-state index in [-0.39, 0.29) is 5.69 Å². The molecule has 1 N–H and O–H groups in total. The zero-order chi connectivity index (χ0) is 20.6. The van der Waals surface area contributed by atoms with E-state index in [4.69, 9.17) is 0 Å². The first-order valence-electron chi connectivity index (χ1n) is 9.25. The Bertz CT molecular complexity index is 911. The Balaban J connectivity index is 1.76. The van der Waals surface area contributed by atoms with Gasteiger partial charge in [0.05, 0.1) is 12.0 Å². The molecule has 3 rings (SSSR count). The first-order chi connectivity index (χ1) is 14.0. The van der Waals surface area contributed by atoms with Gasteiger partial charge in [0, 0.05) is 49.0 Å². The molecule has 8 heteroatoms. The van der Waals surface area contributed by atoms with Crippen molar-refractivity contribution in [1.29, 1.82) is 0 Å². The fraction of sp³-hybridized carbons (Fsp3) is 0.286. The summed E-state index contributed by atoms with van der Waals surface area (Å²) in [7, 11) is 1.28. The van der Waals surface area contributed by atoms with Crippen LogP contribution < -0.4 is 5.32 Å². The summed E-state index contributed by atoms with van der Waals surface area (Å²) < 4.78 is 4.54. The van der Waals surface area contributed by atoms with Gasteiger partial charge in [-0.1, -0.05) is 18.2 Å². The standard InChI is InChI=1S/C21H23N3O4S/c1-28-21(25)8-6-16-5-7-19(20(14-16)24(26)27)22-18-4-2-3-17(13-18)15-23-9-11-29-12-10-23/h2-8,13-14,22H,9-12,15H2,1H3. The quantitative estimate of drug-likeness (QED) is 0.317. The average molecular weight is 413 g/mol. The van der Waals surface area contributed by atoms with Crippen LogP contribution >= 0.6 is 11.8 Å². The number of thioether (sulfide) groups is 1. The maximum absolute atomic E-state index is 11.5. The molecule has 2 aromatic rings. The van der Waals surface area contributed by atoms with E-state index in [1.165, 1.54) is 30.9 Å². The minimum atomic E-state index is -0.515. The van der Waals surface area contributed by atoms with Crippen LogP contribution in [0.4, 0.5) is 17.1 Å². The summed E-state index contributed by atoms with van der Waals surface area (Å²) in [4.78, 5) is 24.7. The predicted octanol–water partition coefficient (Wildman–Crippen LogP) is 4.07. The number of nitrogens with zero attached hydrogens (tertiary/aromatic N) is 2. The van der Waals surface area contributed by atoms with E-state index in [0.717, 1.165) is 36.8 Å². The number of hydrogen-bond donors (Lipinski definition) is 1. The van der Waals surface area contributed by atoms with Gasteiger partial charge in [-0.2, -0.15) is 11.8 Å². The molecule has 0 radical (unpaired) electrons. The molecule has 0 bridgehead atoms. The van der Waals surface area contributed by atoms with E-state index in [2.05, 4.69) is 21.0 Å².